The molecule has 0 radical (unpaired) electrons. The molecule has 0 aliphatic heterocycles. The van der Waals surface area contributed by atoms with Crippen LogP contribution in [0, 0.1) is 0 Å². The molecule has 0 fully saturated rings. The molecule has 0 aliphatic rings. The van der Waals surface area contributed by atoms with Gasteiger partial charge in [0.1, 0.15) is 5.78 Å². The second kappa shape index (κ2) is 10.2. The normalized spacial score (nSPS) is 11.1. The number of rotatable bonds is 10. The summed E-state index contributed by atoms with van der Waals surface area (Å²) in [4.78, 5) is 12.3. The fourth-order valence-corrected chi connectivity index (χ4v) is 4.29. The topological polar surface area (TPSA) is 108 Å². The molecule has 3 aromatic carbocycles. The van der Waals surface area contributed by atoms with E-state index >= 15 is 0 Å². The number of carbonyl (C=O) groups is 1. The Hall–Kier alpha value is -3.52. The lowest BCUT2D eigenvalue weighted by Gasteiger charge is -2.12. The Labute approximate surface area is 188 Å². The van der Waals surface area contributed by atoms with Gasteiger partial charge in [-0.2, -0.15) is 0 Å². The molecule has 3 N–H and O–H groups in total. The summed E-state index contributed by atoms with van der Waals surface area (Å²) in [7, 11) is -0.873. The van der Waals surface area contributed by atoms with Gasteiger partial charge < -0.3 is 15.2 Å². The molecule has 0 saturated heterocycles. The lowest BCUT2D eigenvalue weighted by molar-refractivity contribution is -0.118. The minimum atomic E-state index is -3.80. The molecule has 3 rings (SSSR count). The van der Waals surface area contributed by atoms with Gasteiger partial charge in [0.05, 0.1) is 19.1 Å². The van der Waals surface area contributed by atoms with Crippen LogP contribution in [-0.2, 0) is 27.7 Å². The van der Waals surface area contributed by atoms with Gasteiger partial charge in [-0.3, -0.25) is 9.52 Å². The lowest BCUT2D eigenvalue weighted by atomic mass is 10.0. The molecular formula is C24H26N2O5S. The molecule has 0 unspecified atom stereocenters. The largest absolute Gasteiger partial charge is 0.493 e. The van der Waals surface area contributed by atoms with E-state index in [1.807, 2.05) is 18.2 Å². The molecule has 0 atom stereocenters. The van der Waals surface area contributed by atoms with Crippen molar-refractivity contribution in [3.63, 3.8) is 0 Å². The maximum Gasteiger partial charge on any atom is 0.262 e. The number of sulfonamides is 1. The molecular weight excluding hydrogens is 428 g/mol. The number of Topliss-reactive ketones (excluding diaryl/α,β-unsaturated/α-hetero) is 1. The number of ketones is 1. The first-order chi connectivity index (χ1) is 15.3. The van der Waals surface area contributed by atoms with Crippen molar-refractivity contribution >= 4 is 27.2 Å². The first-order valence-corrected chi connectivity index (χ1v) is 11.5. The summed E-state index contributed by atoms with van der Waals surface area (Å²) >= 11 is 0. The predicted molar refractivity (Wildman–Crippen MR) is 125 cm³/mol. The van der Waals surface area contributed by atoms with E-state index in [9.17, 15) is 13.2 Å². The van der Waals surface area contributed by atoms with Gasteiger partial charge in [-0.25, -0.2) is 8.42 Å². The van der Waals surface area contributed by atoms with Crippen LogP contribution in [0.4, 0.5) is 11.4 Å². The molecule has 0 heterocycles. The Kier molecular flexibility index (Phi) is 7.37. The van der Waals surface area contributed by atoms with Gasteiger partial charge in [-0.15, -0.1) is 0 Å². The first-order valence-electron chi connectivity index (χ1n) is 10.0. The number of benzene rings is 3. The average molecular weight is 455 g/mol. The number of hydrogen-bond acceptors (Lipinski definition) is 6. The molecule has 32 heavy (non-hydrogen) atoms. The van der Waals surface area contributed by atoms with Gasteiger partial charge in [-0.1, -0.05) is 30.3 Å². The van der Waals surface area contributed by atoms with Crippen molar-refractivity contribution in [1.29, 1.82) is 0 Å². The van der Waals surface area contributed by atoms with Crippen molar-refractivity contribution in [2.75, 3.05) is 24.7 Å². The number of nitrogens with one attached hydrogen (secondary N) is 1. The maximum atomic E-state index is 12.7. The molecule has 7 nitrogen and oxygen atoms in total. The van der Waals surface area contributed by atoms with E-state index < -0.39 is 10.0 Å². The number of methoxy groups -OCH3 is 2. The summed E-state index contributed by atoms with van der Waals surface area (Å²) in [6.07, 6.45) is 1.25. The number of carbonyl (C=O) groups excluding carboxylic acids is 1. The van der Waals surface area contributed by atoms with E-state index in [-0.39, 0.29) is 10.7 Å². The number of nitrogens with two attached hydrogens (primary N) is 1. The molecule has 8 heteroatoms. The van der Waals surface area contributed by atoms with Gasteiger partial charge in [-0.05, 0) is 47.9 Å². The van der Waals surface area contributed by atoms with Gasteiger partial charge >= 0.3 is 0 Å². The van der Waals surface area contributed by atoms with Crippen molar-refractivity contribution in [2.24, 2.45) is 0 Å². The predicted octanol–water partition coefficient (Wildman–Crippen LogP) is 3.83. The van der Waals surface area contributed by atoms with Crippen LogP contribution in [0.15, 0.2) is 71.6 Å². The van der Waals surface area contributed by atoms with Crippen LogP contribution in [0.2, 0.25) is 0 Å². The summed E-state index contributed by atoms with van der Waals surface area (Å²) in [5.74, 6) is 0.870. The van der Waals surface area contributed by atoms with E-state index in [1.165, 1.54) is 32.4 Å². The fourth-order valence-electron chi connectivity index (χ4n) is 3.22. The minimum absolute atomic E-state index is 0.0602. The fraction of sp³-hybridized carbons (Fsp3) is 0.208. The zero-order valence-electron chi connectivity index (χ0n) is 18.0. The third kappa shape index (κ3) is 5.79. The second-order valence-corrected chi connectivity index (χ2v) is 8.92. The van der Waals surface area contributed by atoms with Gasteiger partial charge in [0.2, 0.25) is 0 Å². The summed E-state index contributed by atoms with van der Waals surface area (Å²) in [5.41, 5.74) is 8.70. The second-order valence-electron chi connectivity index (χ2n) is 7.23. The smallest absolute Gasteiger partial charge is 0.262 e. The molecule has 0 spiro atoms. The van der Waals surface area contributed by atoms with E-state index in [1.54, 1.807) is 30.3 Å². The molecule has 0 aliphatic carbocycles. The molecule has 3 aromatic rings. The molecule has 0 saturated carbocycles. The van der Waals surface area contributed by atoms with Gasteiger partial charge in [0.25, 0.3) is 10.0 Å². The highest BCUT2D eigenvalue weighted by Crippen LogP contribution is 2.30. The van der Waals surface area contributed by atoms with Crippen LogP contribution >= 0.6 is 0 Å². The standard InChI is InChI=1S/C24H26N2O5S/c1-30-23-14-13-21(16-24(23)31-2)32(28,29)26-19-10-7-17(8-11-19)9-12-20(27)15-18-5-3-4-6-22(18)25/h3-8,10-11,13-14,16,26H,9,12,15,25H2,1-2H3. The Balaban J connectivity index is 1.60. The van der Waals surface area contributed by atoms with Gasteiger partial charge in [0.15, 0.2) is 11.5 Å². The van der Waals surface area contributed by atoms with Gasteiger partial charge in [0, 0.05) is 30.3 Å². The Bertz CT molecular complexity index is 1190. The van der Waals surface area contributed by atoms with Crippen LogP contribution in [0.25, 0.3) is 0 Å². The van der Waals surface area contributed by atoms with E-state index in [2.05, 4.69) is 4.72 Å². The summed E-state index contributed by atoms with van der Waals surface area (Å²) in [6.45, 7) is 0. The zero-order chi connectivity index (χ0) is 23.1. The highest BCUT2D eigenvalue weighted by molar-refractivity contribution is 7.92. The first kappa shape index (κ1) is 23.1. The molecule has 168 valence electrons. The number of anilines is 2. The number of nitrogen functional groups attached to an aromatic ring is 1. The number of ether oxygens (including phenoxy) is 2. The number of aryl methyl sites for hydroxylation is 1. The highest BCUT2D eigenvalue weighted by Gasteiger charge is 2.17. The van der Waals surface area contributed by atoms with Crippen molar-refractivity contribution < 1.29 is 22.7 Å². The summed E-state index contributed by atoms with van der Waals surface area (Å²) < 4.78 is 38.3. The van der Waals surface area contributed by atoms with Crippen LogP contribution in [0.5, 0.6) is 11.5 Å². The minimum Gasteiger partial charge on any atom is -0.493 e. The van der Waals surface area contributed by atoms with Crippen molar-refractivity contribution in [1.82, 2.24) is 0 Å². The van der Waals surface area contributed by atoms with Crippen molar-refractivity contribution in [3.8, 4) is 11.5 Å². The maximum absolute atomic E-state index is 12.7. The lowest BCUT2D eigenvalue weighted by Crippen LogP contribution is -2.13. The third-order valence-electron chi connectivity index (χ3n) is 5.01. The summed E-state index contributed by atoms with van der Waals surface area (Å²) in [6, 6.07) is 18.7. The van der Waals surface area contributed by atoms with Crippen LogP contribution in [-0.4, -0.2) is 28.4 Å². The average Bonchev–Trinajstić information content (AvgIpc) is 2.79. The quantitative estimate of drug-likeness (QED) is 0.451. The summed E-state index contributed by atoms with van der Waals surface area (Å²) in [5, 5.41) is 0. The number of para-hydroxylation sites is 1. The zero-order valence-corrected chi connectivity index (χ0v) is 18.8. The van der Waals surface area contributed by atoms with Crippen molar-refractivity contribution in [3.05, 3.63) is 77.9 Å². The molecule has 0 bridgehead atoms. The Morgan fingerprint density at radius 2 is 1.62 bits per heavy atom. The Morgan fingerprint density at radius 1 is 0.938 bits per heavy atom. The van der Waals surface area contributed by atoms with Crippen molar-refractivity contribution in [2.45, 2.75) is 24.2 Å². The van der Waals surface area contributed by atoms with Crippen LogP contribution in [0.1, 0.15) is 17.5 Å². The van der Waals surface area contributed by atoms with Crippen LogP contribution in [0.3, 0.4) is 0 Å². The SMILES string of the molecule is COc1ccc(S(=O)(=O)Nc2ccc(CCC(=O)Cc3ccccc3N)cc2)cc1OC. The van der Waals surface area contributed by atoms with E-state index in [4.69, 9.17) is 15.2 Å². The van der Waals surface area contributed by atoms with E-state index in [0.29, 0.717) is 42.1 Å². The third-order valence-corrected chi connectivity index (χ3v) is 6.39. The molecule has 0 aromatic heterocycles. The highest BCUT2D eigenvalue weighted by atomic mass is 32.2. The molecule has 0 amide bonds. The number of hydrogen-bond donors (Lipinski definition) is 2. The monoisotopic (exact) mass is 454 g/mol. The Morgan fingerprint density at radius 3 is 2.28 bits per heavy atom. The van der Waals surface area contributed by atoms with Crippen LogP contribution < -0.4 is 19.9 Å². The van der Waals surface area contributed by atoms with E-state index in [0.717, 1.165) is 11.1 Å².